The van der Waals surface area contributed by atoms with Crippen LogP contribution in [-0.2, 0) is 6.98 Å². The van der Waals surface area contributed by atoms with E-state index in [4.69, 9.17) is 13.9 Å². The summed E-state index contributed by atoms with van der Waals surface area (Å²) in [5.41, 5.74) is 6.64. The van der Waals surface area contributed by atoms with E-state index in [2.05, 4.69) is 58.4 Å². The van der Waals surface area contributed by atoms with Gasteiger partial charge in [-0.1, -0.05) is 64.1 Å². The highest BCUT2D eigenvalue weighted by molar-refractivity contribution is 5.72. The standard InChI is InChI=1S/C31H32N4O/c1-22(2)29-13-8-14-30(23(3)4)31(29)24-19-32-35(20-24)26-10-7-12-28(18-26)36-27-11-6-9-25(17-27)34-16-15-33(5)21-34/h6-20,22-23H,1-5H3/i5D3. The summed E-state index contributed by atoms with van der Waals surface area (Å²) >= 11 is 0. The highest BCUT2D eigenvalue weighted by atomic mass is 16.5. The number of aromatic nitrogens is 4. The van der Waals surface area contributed by atoms with Gasteiger partial charge >= 0.3 is 0 Å². The number of hydrogen-bond acceptors (Lipinski definition) is 2. The summed E-state index contributed by atoms with van der Waals surface area (Å²) in [7, 11) is 0. The third kappa shape index (κ3) is 4.82. The highest BCUT2D eigenvalue weighted by Gasteiger charge is 2.17. The molecule has 0 saturated heterocycles. The summed E-state index contributed by atoms with van der Waals surface area (Å²) in [6.07, 6.45) is 9.98. The minimum Gasteiger partial charge on any atom is -0.458 e. The van der Waals surface area contributed by atoms with Gasteiger partial charge in [0.2, 0.25) is 6.33 Å². The zero-order valence-corrected chi connectivity index (χ0v) is 21.0. The van der Waals surface area contributed by atoms with Crippen molar-refractivity contribution in [3.63, 3.8) is 0 Å². The second kappa shape index (κ2) is 9.86. The van der Waals surface area contributed by atoms with Crippen LogP contribution in [0.25, 0.3) is 22.5 Å². The molecule has 0 amide bonds. The molecule has 2 aromatic heterocycles. The van der Waals surface area contributed by atoms with Gasteiger partial charge in [0.1, 0.15) is 11.5 Å². The molecule has 36 heavy (non-hydrogen) atoms. The Balaban J connectivity index is 1.41. The van der Waals surface area contributed by atoms with Crippen molar-refractivity contribution in [2.24, 2.45) is 6.98 Å². The van der Waals surface area contributed by atoms with Crippen molar-refractivity contribution in [2.75, 3.05) is 0 Å². The fraction of sp³-hybridized carbons (Fsp3) is 0.226. The first-order valence-corrected chi connectivity index (χ1v) is 12.2. The molecule has 0 radical (unpaired) electrons. The molecule has 0 aliphatic carbocycles. The number of rotatable bonds is 7. The topological polar surface area (TPSA) is 35.9 Å². The average Bonchev–Trinajstić information content (AvgIpc) is 3.59. The van der Waals surface area contributed by atoms with Crippen LogP contribution in [0, 0.1) is 6.33 Å². The normalized spacial score (nSPS) is 13.0. The van der Waals surface area contributed by atoms with Crippen LogP contribution in [0.15, 0.2) is 91.5 Å². The number of aryl methyl sites for hydroxylation is 1. The minimum absolute atomic E-state index is 0.400. The Morgan fingerprint density at radius 1 is 0.889 bits per heavy atom. The lowest BCUT2D eigenvalue weighted by atomic mass is 9.86. The molecule has 0 aliphatic heterocycles. The van der Waals surface area contributed by atoms with Crippen molar-refractivity contribution in [1.29, 1.82) is 0 Å². The SMILES string of the molecule is [2H]C([2H])([2H])[n+]1[c-]n(-c2cccc(Oc3cccc(-n4cc(-c5c(C(C)C)cccc5C(C)C)cn4)c3)c2)cc1. The lowest BCUT2D eigenvalue weighted by Gasteiger charge is -2.18. The fourth-order valence-corrected chi connectivity index (χ4v) is 4.46. The van der Waals surface area contributed by atoms with Gasteiger partial charge in [-0.05, 0) is 52.8 Å². The summed E-state index contributed by atoms with van der Waals surface area (Å²) in [5.74, 6) is 2.09. The van der Waals surface area contributed by atoms with E-state index in [-0.39, 0.29) is 0 Å². The van der Waals surface area contributed by atoms with E-state index in [1.807, 2.05) is 59.4 Å². The molecule has 0 saturated carbocycles. The molecule has 5 rings (SSSR count). The van der Waals surface area contributed by atoms with Gasteiger partial charge in [0.05, 0.1) is 28.7 Å². The van der Waals surface area contributed by atoms with Crippen LogP contribution < -0.4 is 9.30 Å². The second-order valence-corrected chi connectivity index (χ2v) is 9.53. The lowest BCUT2D eigenvalue weighted by molar-refractivity contribution is -0.674. The van der Waals surface area contributed by atoms with Gasteiger partial charge in [0.25, 0.3) is 0 Å². The first kappa shape index (κ1) is 20.1. The van der Waals surface area contributed by atoms with Crippen molar-refractivity contribution >= 4 is 0 Å². The van der Waals surface area contributed by atoms with Gasteiger partial charge in [-0.25, -0.2) is 4.68 Å². The summed E-state index contributed by atoms with van der Waals surface area (Å²) in [4.78, 5) is 0. The predicted octanol–water partition coefficient (Wildman–Crippen LogP) is 6.99. The number of nitrogens with zero attached hydrogens (tertiary/aromatic N) is 4. The van der Waals surface area contributed by atoms with Crippen LogP contribution in [0.5, 0.6) is 11.5 Å². The maximum atomic E-state index is 7.56. The van der Waals surface area contributed by atoms with Gasteiger partial charge < -0.3 is 13.9 Å². The van der Waals surface area contributed by atoms with Crippen molar-refractivity contribution in [3.05, 3.63) is 109 Å². The summed E-state index contributed by atoms with van der Waals surface area (Å²) < 4.78 is 33.4. The van der Waals surface area contributed by atoms with E-state index in [1.165, 1.54) is 22.9 Å². The molecule has 0 N–H and O–H groups in total. The molecule has 5 aromatic rings. The molecular formula is C31H32N4O. The van der Waals surface area contributed by atoms with E-state index in [0.717, 1.165) is 21.5 Å². The summed E-state index contributed by atoms with van der Waals surface area (Å²) in [6.45, 7) is 6.62. The Hall–Kier alpha value is -4.12. The van der Waals surface area contributed by atoms with Gasteiger partial charge in [-0.2, -0.15) is 5.10 Å². The van der Waals surface area contributed by atoms with E-state index >= 15 is 0 Å². The third-order valence-electron chi connectivity index (χ3n) is 6.24. The van der Waals surface area contributed by atoms with Gasteiger partial charge in [-0.3, -0.25) is 0 Å². The monoisotopic (exact) mass is 479 g/mol. The first-order chi connectivity index (χ1) is 18.6. The van der Waals surface area contributed by atoms with Crippen LogP contribution in [0.2, 0.25) is 0 Å². The molecule has 2 heterocycles. The summed E-state index contributed by atoms with van der Waals surface area (Å²) in [5, 5.41) is 4.69. The number of imidazole rings is 1. The quantitative estimate of drug-likeness (QED) is 0.186. The van der Waals surface area contributed by atoms with Crippen molar-refractivity contribution in [1.82, 2.24) is 14.3 Å². The molecule has 3 aromatic carbocycles. The molecular weight excluding hydrogens is 444 g/mol. The van der Waals surface area contributed by atoms with Crippen molar-refractivity contribution in [3.8, 4) is 34.0 Å². The maximum absolute atomic E-state index is 7.56. The number of hydrogen-bond donors (Lipinski definition) is 0. The Bertz CT molecular complexity index is 1570. The van der Waals surface area contributed by atoms with E-state index in [9.17, 15) is 0 Å². The van der Waals surface area contributed by atoms with Gasteiger partial charge in [0, 0.05) is 30.2 Å². The molecule has 0 spiro atoms. The van der Waals surface area contributed by atoms with Crippen LogP contribution in [0.1, 0.15) is 54.8 Å². The smallest absolute Gasteiger partial charge is 0.243 e. The Morgan fingerprint density at radius 3 is 2.17 bits per heavy atom. The molecule has 0 unspecified atom stereocenters. The van der Waals surface area contributed by atoms with Gasteiger partial charge in [-0.15, -0.1) is 0 Å². The van der Waals surface area contributed by atoms with Gasteiger partial charge in [0.15, 0.2) is 0 Å². The molecule has 0 atom stereocenters. The Labute approximate surface area is 217 Å². The van der Waals surface area contributed by atoms with Crippen LogP contribution >= 0.6 is 0 Å². The van der Waals surface area contributed by atoms with Crippen LogP contribution in [0.4, 0.5) is 0 Å². The zero-order chi connectivity index (χ0) is 27.7. The molecule has 0 aliphatic rings. The number of benzene rings is 3. The van der Waals surface area contributed by atoms with Crippen molar-refractivity contribution in [2.45, 2.75) is 39.5 Å². The van der Waals surface area contributed by atoms with Crippen LogP contribution in [-0.4, -0.2) is 14.3 Å². The molecule has 5 nitrogen and oxygen atoms in total. The van der Waals surface area contributed by atoms with Crippen LogP contribution in [0.3, 0.4) is 0 Å². The fourth-order valence-electron chi connectivity index (χ4n) is 4.46. The largest absolute Gasteiger partial charge is 0.458 e. The van der Waals surface area contributed by atoms with E-state index in [1.54, 1.807) is 10.8 Å². The predicted molar refractivity (Wildman–Crippen MR) is 143 cm³/mol. The third-order valence-corrected chi connectivity index (χ3v) is 6.24. The second-order valence-electron chi connectivity index (χ2n) is 9.53. The highest BCUT2D eigenvalue weighted by Crippen LogP contribution is 2.36. The minimum atomic E-state index is -2.28. The van der Waals surface area contributed by atoms with E-state index < -0.39 is 6.98 Å². The van der Waals surface area contributed by atoms with Crippen molar-refractivity contribution < 1.29 is 13.4 Å². The molecule has 5 heteroatoms. The molecule has 182 valence electrons. The Kier molecular flexibility index (Phi) is 5.51. The Morgan fingerprint density at radius 2 is 1.53 bits per heavy atom. The first-order valence-electron chi connectivity index (χ1n) is 13.7. The van der Waals surface area contributed by atoms with E-state index in [0.29, 0.717) is 23.3 Å². The summed E-state index contributed by atoms with van der Waals surface area (Å²) in [6, 6.07) is 21.8. The maximum Gasteiger partial charge on any atom is 0.243 e. The zero-order valence-electron chi connectivity index (χ0n) is 24.0. The average molecular weight is 480 g/mol. The lowest BCUT2D eigenvalue weighted by Crippen LogP contribution is -2.24. The molecule has 0 bridgehead atoms. The molecule has 0 fully saturated rings. The number of ether oxygens (including phenoxy) is 1.